The van der Waals surface area contributed by atoms with Crippen LogP contribution in [0.3, 0.4) is 0 Å². The Morgan fingerprint density at radius 3 is 2.20 bits per heavy atom. The lowest BCUT2D eigenvalue weighted by atomic mass is 10.1. The molecule has 0 aromatic heterocycles. The topological polar surface area (TPSA) is 105 Å². The molecule has 0 fully saturated rings. The molecule has 0 heterocycles. The quantitative estimate of drug-likeness (QED) is 0.323. The number of amides is 2. The second-order valence-electron chi connectivity index (χ2n) is 9.50. The number of benzene rings is 3. The first kappa shape index (κ1) is 31.7. The highest BCUT2D eigenvalue weighted by Gasteiger charge is 2.33. The highest BCUT2D eigenvalue weighted by atomic mass is 35.5. The van der Waals surface area contributed by atoms with E-state index in [2.05, 4.69) is 5.32 Å². The Kier molecular flexibility index (Phi) is 10.6. The lowest BCUT2D eigenvalue weighted by Crippen LogP contribution is -2.52. The van der Waals surface area contributed by atoms with Gasteiger partial charge in [0.05, 0.1) is 24.8 Å². The maximum atomic E-state index is 14.0. The average Bonchev–Trinajstić information content (AvgIpc) is 2.93. The van der Waals surface area contributed by atoms with Crippen LogP contribution in [0.5, 0.6) is 11.5 Å². The van der Waals surface area contributed by atoms with Crippen molar-refractivity contribution in [2.75, 3.05) is 25.1 Å². The molecule has 220 valence electrons. The molecule has 0 saturated carbocycles. The molecule has 3 aromatic carbocycles. The second-order valence-corrected chi connectivity index (χ2v) is 11.8. The molecule has 9 nitrogen and oxygen atoms in total. The van der Waals surface area contributed by atoms with Crippen LogP contribution < -0.4 is 19.1 Å². The van der Waals surface area contributed by atoms with Crippen molar-refractivity contribution in [2.45, 2.75) is 44.3 Å². The van der Waals surface area contributed by atoms with Gasteiger partial charge in [-0.25, -0.2) is 12.8 Å². The molecular formula is C29H33ClFN3O6S. The van der Waals surface area contributed by atoms with Gasteiger partial charge in [0, 0.05) is 23.7 Å². The number of hydrogen-bond donors (Lipinski definition) is 1. The maximum absolute atomic E-state index is 14.0. The van der Waals surface area contributed by atoms with Gasteiger partial charge in [-0.15, -0.1) is 0 Å². The molecule has 0 bridgehead atoms. The smallest absolute Gasteiger partial charge is 0.264 e. The Bertz CT molecular complexity index is 1480. The van der Waals surface area contributed by atoms with Crippen LogP contribution in [0.4, 0.5) is 10.1 Å². The highest BCUT2D eigenvalue weighted by Crippen LogP contribution is 2.32. The lowest BCUT2D eigenvalue weighted by molar-refractivity contribution is -0.139. The van der Waals surface area contributed by atoms with E-state index in [1.165, 1.54) is 49.5 Å². The summed E-state index contributed by atoms with van der Waals surface area (Å²) in [5.74, 6) is -1.17. The van der Waals surface area contributed by atoms with Crippen molar-refractivity contribution in [1.29, 1.82) is 0 Å². The van der Waals surface area contributed by atoms with Crippen LogP contribution >= 0.6 is 11.6 Å². The average molecular weight is 606 g/mol. The molecule has 3 aromatic rings. The van der Waals surface area contributed by atoms with Gasteiger partial charge in [-0.2, -0.15) is 0 Å². The van der Waals surface area contributed by atoms with Crippen LogP contribution in [0, 0.1) is 5.82 Å². The van der Waals surface area contributed by atoms with E-state index in [0.29, 0.717) is 16.3 Å². The Morgan fingerprint density at radius 1 is 0.951 bits per heavy atom. The molecule has 12 heteroatoms. The molecule has 3 rings (SSSR count). The number of carbonyl (C=O) groups excluding carboxylic acids is 2. The SMILES string of the molecule is COc1ccc(S(=O)(=O)N(CC(=O)N(Cc2cccc(Cl)c2)C(C)C(=O)NC(C)C)c2ccc(F)cc2)cc1OC. The number of carbonyl (C=O) groups is 2. The van der Waals surface area contributed by atoms with Crippen molar-refractivity contribution < 1.29 is 31.9 Å². The van der Waals surface area contributed by atoms with Crippen LogP contribution in [0.15, 0.2) is 71.6 Å². The summed E-state index contributed by atoms with van der Waals surface area (Å²) in [7, 11) is -1.61. The van der Waals surface area contributed by atoms with Crippen molar-refractivity contribution in [3.05, 3.63) is 83.1 Å². The molecule has 1 N–H and O–H groups in total. The number of rotatable bonds is 12. The van der Waals surface area contributed by atoms with E-state index in [1.54, 1.807) is 45.0 Å². The van der Waals surface area contributed by atoms with Crippen LogP contribution in [0.1, 0.15) is 26.3 Å². The first-order valence-corrected chi connectivity index (χ1v) is 14.5. The Labute approximate surface area is 244 Å². The number of sulfonamides is 1. The largest absolute Gasteiger partial charge is 0.493 e. The number of hydrogen-bond acceptors (Lipinski definition) is 6. The fourth-order valence-electron chi connectivity index (χ4n) is 4.06. The fourth-order valence-corrected chi connectivity index (χ4v) is 5.70. The molecule has 0 aliphatic rings. The van der Waals surface area contributed by atoms with Gasteiger partial charge in [0.1, 0.15) is 18.4 Å². The van der Waals surface area contributed by atoms with Crippen molar-refractivity contribution in [3.63, 3.8) is 0 Å². The van der Waals surface area contributed by atoms with E-state index in [-0.39, 0.29) is 28.9 Å². The van der Waals surface area contributed by atoms with Crippen LogP contribution in [0.2, 0.25) is 5.02 Å². The Balaban J connectivity index is 2.07. The third kappa shape index (κ3) is 7.89. The van der Waals surface area contributed by atoms with E-state index in [9.17, 15) is 22.4 Å². The first-order chi connectivity index (χ1) is 19.4. The number of halogens is 2. The standard InChI is InChI=1S/C29H33ClFN3O6S/c1-19(2)32-29(36)20(3)33(17-21-7-6-8-22(30)15-21)28(35)18-34(24-11-9-23(31)10-12-24)41(37,38)25-13-14-26(39-4)27(16-25)40-5/h6-16,19-20H,17-18H2,1-5H3,(H,32,36). The van der Waals surface area contributed by atoms with Crippen molar-refractivity contribution in [2.24, 2.45) is 0 Å². The van der Waals surface area contributed by atoms with E-state index in [0.717, 1.165) is 16.4 Å². The summed E-state index contributed by atoms with van der Waals surface area (Å²) in [5.41, 5.74) is 0.697. The molecule has 0 saturated heterocycles. The van der Waals surface area contributed by atoms with Crippen molar-refractivity contribution in [1.82, 2.24) is 10.2 Å². The van der Waals surface area contributed by atoms with Crippen LogP contribution in [0.25, 0.3) is 0 Å². The molecule has 2 amide bonds. The van der Waals surface area contributed by atoms with E-state index in [4.69, 9.17) is 21.1 Å². The molecule has 0 aliphatic carbocycles. The van der Waals surface area contributed by atoms with Gasteiger partial charge in [0.25, 0.3) is 10.0 Å². The molecular weight excluding hydrogens is 573 g/mol. The summed E-state index contributed by atoms with van der Waals surface area (Å²) in [6.45, 7) is 4.45. The Morgan fingerprint density at radius 2 is 1.61 bits per heavy atom. The second kappa shape index (κ2) is 13.7. The number of methoxy groups -OCH3 is 2. The zero-order chi connectivity index (χ0) is 30.3. The van der Waals surface area contributed by atoms with E-state index in [1.807, 2.05) is 0 Å². The maximum Gasteiger partial charge on any atom is 0.264 e. The summed E-state index contributed by atoms with van der Waals surface area (Å²) in [6.07, 6.45) is 0. The Hall–Kier alpha value is -3.83. The lowest BCUT2D eigenvalue weighted by Gasteiger charge is -2.32. The summed E-state index contributed by atoms with van der Waals surface area (Å²) in [5, 5.41) is 3.23. The predicted molar refractivity (Wildman–Crippen MR) is 155 cm³/mol. The van der Waals surface area contributed by atoms with Gasteiger partial charge in [0.15, 0.2) is 11.5 Å². The molecule has 0 spiro atoms. The number of nitrogens with one attached hydrogen (secondary N) is 1. The zero-order valence-corrected chi connectivity index (χ0v) is 25.0. The molecule has 41 heavy (non-hydrogen) atoms. The monoisotopic (exact) mass is 605 g/mol. The molecule has 1 atom stereocenters. The van der Waals surface area contributed by atoms with Crippen LogP contribution in [-0.2, 0) is 26.2 Å². The summed E-state index contributed by atoms with van der Waals surface area (Å²) >= 11 is 6.15. The fraction of sp³-hybridized carbons (Fsp3) is 0.310. The predicted octanol–water partition coefficient (Wildman–Crippen LogP) is 4.63. The van der Waals surface area contributed by atoms with E-state index >= 15 is 0 Å². The molecule has 1 unspecified atom stereocenters. The third-order valence-corrected chi connectivity index (χ3v) is 8.18. The normalized spacial score (nSPS) is 12.0. The minimum Gasteiger partial charge on any atom is -0.493 e. The van der Waals surface area contributed by atoms with Gasteiger partial charge in [-0.1, -0.05) is 23.7 Å². The zero-order valence-electron chi connectivity index (χ0n) is 23.4. The van der Waals surface area contributed by atoms with E-state index < -0.39 is 40.2 Å². The summed E-state index contributed by atoms with van der Waals surface area (Å²) < 4.78 is 53.1. The van der Waals surface area contributed by atoms with Crippen LogP contribution in [-0.4, -0.2) is 58.0 Å². The molecule has 0 radical (unpaired) electrons. The van der Waals surface area contributed by atoms with Gasteiger partial charge in [-0.05, 0) is 74.9 Å². The minimum atomic E-state index is -4.39. The number of nitrogens with zero attached hydrogens (tertiary/aromatic N) is 2. The number of ether oxygens (including phenoxy) is 2. The minimum absolute atomic E-state index is 0.0141. The van der Waals surface area contributed by atoms with Gasteiger partial charge in [0.2, 0.25) is 11.8 Å². The van der Waals surface area contributed by atoms with Crippen molar-refractivity contribution >= 4 is 39.1 Å². The van der Waals surface area contributed by atoms with Gasteiger partial charge < -0.3 is 19.7 Å². The summed E-state index contributed by atoms with van der Waals surface area (Å²) in [6, 6.07) is 14.4. The first-order valence-electron chi connectivity index (χ1n) is 12.7. The summed E-state index contributed by atoms with van der Waals surface area (Å²) in [4.78, 5) is 28.0. The highest BCUT2D eigenvalue weighted by molar-refractivity contribution is 7.92. The van der Waals surface area contributed by atoms with Gasteiger partial charge in [-0.3, -0.25) is 13.9 Å². The molecule has 0 aliphatic heterocycles. The van der Waals surface area contributed by atoms with Gasteiger partial charge >= 0.3 is 0 Å². The number of anilines is 1. The van der Waals surface area contributed by atoms with Crippen molar-refractivity contribution in [3.8, 4) is 11.5 Å². The third-order valence-electron chi connectivity index (χ3n) is 6.18.